The second kappa shape index (κ2) is 16.8. The molecule has 3 fully saturated rings. The average Bonchev–Trinajstić information content (AvgIpc) is 3.58. The Hall–Kier alpha value is -4.24. The van der Waals surface area contributed by atoms with E-state index in [2.05, 4.69) is 9.64 Å². The topological polar surface area (TPSA) is 104 Å². The number of alkyl halides is 2. The van der Waals surface area contributed by atoms with Gasteiger partial charge < -0.3 is 24.2 Å². The van der Waals surface area contributed by atoms with Gasteiger partial charge in [0, 0.05) is 18.5 Å². The van der Waals surface area contributed by atoms with E-state index in [1.165, 1.54) is 47.4 Å². The van der Waals surface area contributed by atoms with E-state index in [4.69, 9.17) is 37.4 Å². The number of thiophene rings is 1. The van der Waals surface area contributed by atoms with Crippen molar-refractivity contribution < 1.29 is 46.4 Å². The number of carbonyl (C=O) groups is 2. The van der Waals surface area contributed by atoms with Crippen LogP contribution in [0.3, 0.4) is 0 Å². The molecule has 3 aliphatic rings. The highest BCUT2D eigenvalue weighted by Gasteiger charge is 2.38. The third-order valence-electron chi connectivity index (χ3n) is 9.02. The van der Waals surface area contributed by atoms with Gasteiger partial charge in [-0.15, -0.1) is 11.3 Å². The van der Waals surface area contributed by atoms with Crippen LogP contribution in [0.25, 0.3) is 0 Å². The van der Waals surface area contributed by atoms with Gasteiger partial charge in [0.15, 0.2) is 23.9 Å². The van der Waals surface area contributed by atoms with Crippen LogP contribution < -0.4 is 19.1 Å². The summed E-state index contributed by atoms with van der Waals surface area (Å²) in [6.07, 6.45) is 1.42. The van der Waals surface area contributed by atoms with Crippen molar-refractivity contribution in [3.05, 3.63) is 109 Å². The number of esters is 1. The number of hydrogen-bond acceptors (Lipinski definition) is 9. The molecule has 2 aromatic carbocycles. The number of nitrogens with zero attached hydrogens (tertiary/aromatic N) is 3. The Morgan fingerprint density at radius 1 is 1.04 bits per heavy atom. The summed E-state index contributed by atoms with van der Waals surface area (Å²) in [4.78, 5) is 31.0. The molecule has 282 valence electrons. The zero-order valence-electron chi connectivity index (χ0n) is 28.7. The maximum Gasteiger partial charge on any atom is 0.415 e. The van der Waals surface area contributed by atoms with Gasteiger partial charge in [-0.05, 0) is 92.5 Å². The van der Waals surface area contributed by atoms with Gasteiger partial charge in [-0.25, -0.2) is 14.0 Å². The van der Waals surface area contributed by atoms with Gasteiger partial charge in [-0.2, -0.15) is 13.5 Å². The van der Waals surface area contributed by atoms with Gasteiger partial charge in [0.2, 0.25) is 0 Å². The molecule has 0 N–H and O–H groups in total. The first-order valence-corrected chi connectivity index (χ1v) is 18.5. The van der Waals surface area contributed by atoms with Crippen LogP contribution in [0.2, 0.25) is 10.0 Å². The minimum absolute atomic E-state index is 0.0154. The molecule has 53 heavy (non-hydrogen) atoms. The Kier molecular flexibility index (Phi) is 12.2. The summed E-state index contributed by atoms with van der Waals surface area (Å²) >= 11 is 13.8. The molecule has 3 aliphatic heterocycles. The zero-order valence-corrected chi connectivity index (χ0v) is 31.0. The number of amides is 1. The molecule has 10 nitrogen and oxygen atoms in total. The molecule has 2 bridgehead atoms. The second-order valence-corrected chi connectivity index (χ2v) is 14.8. The van der Waals surface area contributed by atoms with Crippen LogP contribution in [-0.2, 0) is 22.4 Å². The average molecular weight is 795 g/mol. The largest absolute Gasteiger partial charge is 0.619 e. The maximum absolute atomic E-state index is 15.1. The molecule has 2 atom stereocenters. The molecule has 5 heterocycles. The van der Waals surface area contributed by atoms with Crippen LogP contribution in [0, 0.1) is 16.9 Å². The van der Waals surface area contributed by atoms with E-state index in [0.29, 0.717) is 28.0 Å². The number of hydrogen-bond donors (Lipinski definition) is 0. The highest BCUT2D eigenvalue weighted by Crippen LogP contribution is 2.38. The Morgan fingerprint density at radius 2 is 1.75 bits per heavy atom. The van der Waals surface area contributed by atoms with Gasteiger partial charge in [-0.3, -0.25) is 9.80 Å². The molecule has 1 amide bonds. The molecule has 3 saturated heterocycles. The number of benzene rings is 2. The fraction of sp³-hybridized carbons (Fsp3) is 0.378. The minimum atomic E-state index is -3.12. The van der Waals surface area contributed by atoms with Crippen molar-refractivity contribution in [3.63, 3.8) is 0 Å². The smallest absolute Gasteiger partial charge is 0.415 e. The monoisotopic (exact) mass is 793 g/mol. The quantitative estimate of drug-likeness (QED) is 0.0754. The van der Waals surface area contributed by atoms with E-state index in [0.717, 1.165) is 49.7 Å². The van der Waals surface area contributed by atoms with E-state index < -0.39 is 36.7 Å². The predicted molar refractivity (Wildman–Crippen MR) is 192 cm³/mol. The van der Waals surface area contributed by atoms with Crippen molar-refractivity contribution >= 4 is 52.3 Å². The molecular formula is C37H36Cl2F3N3O7S. The molecule has 4 aromatic rings. The Labute approximate surface area is 318 Å². The number of rotatable bonds is 13. The lowest BCUT2D eigenvalue weighted by Crippen LogP contribution is -2.53. The van der Waals surface area contributed by atoms with Crippen molar-refractivity contribution in [2.75, 3.05) is 24.5 Å². The molecule has 7 rings (SSSR count). The number of piperidine rings is 3. The highest BCUT2D eigenvalue weighted by atomic mass is 35.5. The van der Waals surface area contributed by atoms with Crippen LogP contribution >= 0.6 is 34.5 Å². The Morgan fingerprint density at radius 3 is 2.40 bits per heavy atom. The second-order valence-electron chi connectivity index (χ2n) is 13.1. The van der Waals surface area contributed by atoms with Crippen LogP contribution in [0.5, 0.6) is 11.5 Å². The SMILES string of the molecule is CC(C)Oc1cc(C(Cc2c(Cl)c[n+]([O-])cc2Cl)OC(=O)c2cc(CN(C(=O)O[C@H]3CN4CCC3CC4)c3ccccc3F)cs2)ccc1OC(F)F. The fourth-order valence-corrected chi connectivity index (χ4v) is 7.88. The summed E-state index contributed by atoms with van der Waals surface area (Å²) in [5.41, 5.74) is 1.18. The van der Waals surface area contributed by atoms with Crippen molar-refractivity contribution in [1.29, 1.82) is 0 Å². The number of anilines is 1. The number of aromatic nitrogens is 1. The van der Waals surface area contributed by atoms with Gasteiger partial charge in [0.25, 0.3) is 0 Å². The molecule has 0 spiro atoms. The zero-order chi connectivity index (χ0) is 37.8. The third kappa shape index (κ3) is 9.47. The van der Waals surface area contributed by atoms with Gasteiger partial charge in [0.05, 0.1) is 18.3 Å². The minimum Gasteiger partial charge on any atom is -0.619 e. The molecule has 0 radical (unpaired) electrons. The molecule has 2 aromatic heterocycles. The summed E-state index contributed by atoms with van der Waals surface area (Å²) in [6.45, 7) is 2.74. The standard InChI is InChI=1S/C37H36Cl2F3N3O7S/c1-21(2)49-32-14-24(7-8-30(32)51-36(41)42)31(15-25-26(38)17-44(48)18-27(25)39)50-35(46)34-13-22(20-53-34)16-45(29-6-4-3-5-28(29)40)37(47)52-33-19-43-11-9-23(33)10-12-43/h3-8,13-14,17-18,20-21,23,31,33,36H,9-12,15-16,19H2,1-2H3/t31?,33-/m0/s1. The van der Waals surface area contributed by atoms with Crippen molar-refractivity contribution in [2.24, 2.45) is 5.92 Å². The van der Waals surface area contributed by atoms with Crippen LogP contribution in [-0.4, -0.2) is 55.4 Å². The summed E-state index contributed by atoms with van der Waals surface area (Å²) < 4.78 is 64.3. The van der Waals surface area contributed by atoms with E-state index in [-0.39, 0.29) is 57.1 Å². The third-order valence-corrected chi connectivity index (χ3v) is 10.6. The first-order chi connectivity index (χ1) is 25.3. The summed E-state index contributed by atoms with van der Waals surface area (Å²) in [6, 6.07) is 11.6. The van der Waals surface area contributed by atoms with Crippen molar-refractivity contribution in [1.82, 2.24) is 4.90 Å². The lowest BCUT2D eigenvalue weighted by molar-refractivity contribution is -0.605. The Balaban J connectivity index is 1.26. The molecular weight excluding hydrogens is 758 g/mol. The summed E-state index contributed by atoms with van der Waals surface area (Å²) in [7, 11) is 0. The molecule has 0 aliphatic carbocycles. The Bertz CT molecular complexity index is 1920. The van der Waals surface area contributed by atoms with Crippen molar-refractivity contribution in [3.8, 4) is 11.5 Å². The number of pyridine rings is 1. The molecule has 16 heteroatoms. The fourth-order valence-electron chi connectivity index (χ4n) is 6.49. The summed E-state index contributed by atoms with van der Waals surface area (Å²) in [5, 5.41) is 13.6. The van der Waals surface area contributed by atoms with Gasteiger partial charge in [-0.1, -0.05) is 41.4 Å². The van der Waals surface area contributed by atoms with E-state index >= 15 is 4.39 Å². The van der Waals surface area contributed by atoms with Crippen molar-refractivity contribution in [2.45, 2.75) is 64.6 Å². The lowest BCUT2D eigenvalue weighted by atomic mass is 9.86. The predicted octanol–water partition coefficient (Wildman–Crippen LogP) is 8.59. The summed E-state index contributed by atoms with van der Waals surface area (Å²) in [5.74, 6) is -1.37. The van der Waals surface area contributed by atoms with E-state index in [9.17, 15) is 23.6 Å². The van der Waals surface area contributed by atoms with Crippen LogP contribution in [0.15, 0.2) is 66.3 Å². The first-order valence-electron chi connectivity index (χ1n) is 16.9. The van der Waals surface area contributed by atoms with Crippen LogP contribution in [0.1, 0.15) is 59.2 Å². The number of halogens is 5. The van der Waals surface area contributed by atoms with E-state index in [1.54, 1.807) is 25.3 Å². The lowest BCUT2D eigenvalue weighted by Gasteiger charge is -2.44. The number of fused-ring (bicyclic) bond motifs is 3. The first kappa shape index (κ1) is 38.5. The number of carbonyl (C=O) groups excluding carboxylic acids is 2. The number of para-hydroxylation sites is 1. The van der Waals surface area contributed by atoms with Gasteiger partial charge in [0.1, 0.15) is 32.9 Å². The molecule has 1 unspecified atom stereocenters. The van der Waals surface area contributed by atoms with Gasteiger partial charge >= 0.3 is 18.7 Å². The van der Waals surface area contributed by atoms with E-state index in [1.807, 2.05) is 0 Å². The molecule has 0 saturated carbocycles. The maximum atomic E-state index is 15.1. The number of ether oxygens (including phenoxy) is 4. The highest BCUT2D eigenvalue weighted by molar-refractivity contribution is 7.12. The van der Waals surface area contributed by atoms with Crippen LogP contribution in [0.4, 0.5) is 23.7 Å². The normalized spacial score (nSPS) is 18.5.